The lowest BCUT2D eigenvalue weighted by Crippen LogP contribution is -2.20. The number of benzene rings is 6. The quantitative estimate of drug-likeness (QED) is 0.0249. The lowest BCUT2D eigenvalue weighted by Gasteiger charge is -2.15. The van der Waals surface area contributed by atoms with Crippen molar-refractivity contribution in [1.82, 2.24) is 0 Å². The molecule has 0 atom stereocenters. The predicted octanol–water partition coefficient (Wildman–Crippen LogP) is 13.6. The fraction of sp³-hybridized carbons (Fsp3) is 0.275. The van der Waals surface area contributed by atoms with Gasteiger partial charge in [0.05, 0.1) is 98.7 Å². The topological polar surface area (TPSA) is 304 Å². The molecule has 0 saturated heterocycles. The molecule has 23 nitrogen and oxygen atoms in total. The Labute approximate surface area is 439 Å². The van der Waals surface area contributed by atoms with Crippen molar-refractivity contribution in [3.05, 3.63) is 119 Å². The third-order valence-electron chi connectivity index (χ3n) is 10.9. The summed E-state index contributed by atoms with van der Waals surface area (Å²) in [6.45, 7) is 7.53. The van der Waals surface area contributed by atoms with E-state index in [0.717, 1.165) is 11.1 Å². The smallest absolute Gasteiger partial charge is 0.323 e. The summed E-state index contributed by atoms with van der Waals surface area (Å²) in [6.07, 6.45) is 0.238. The van der Waals surface area contributed by atoms with Crippen molar-refractivity contribution in [2.24, 2.45) is 40.9 Å². The van der Waals surface area contributed by atoms with Crippen molar-refractivity contribution in [3.8, 4) is 34.5 Å². The number of nitrogens with zero attached hydrogens (tertiary/aromatic N) is 8. The van der Waals surface area contributed by atoms with Crippen molar-refractivity contribution in [2.75, 3.05) is 63.8 Å². The predicted molar refractivity (Wildman–Crippen MR) is 286 cm³/mol. The maximum absolute atomic E-state index is 13.4. The summed E-state index contributed by atoms with van der Waals surface area (Å²) in [4.78, 5) is 13.4. The van der Waals surface area contributed by atoms with Gasteiger partial charge >= 0.3 is 6.03 Å². The van der Waals surface area contributed by atoms with Crippen molar-refractivity contribution in [2.45, 2.75) is 40.5 Å². The van der Waals surface area contributed by atoms with Crippen LogP contribution in [0, 0.1) is 27.7 Å². The highest BCUT2D eigenvalue weighted by atomic mass is 32.2. The fourth-order valence-electron chi connectivity index (χ4n) is 6.97. The molecule has 0 saturated carbocycles. The van der Waals surface area contributed by atoms with Gasteiger partial charge in [-0.3, -0.25) is 9.11 Å². The van der Waals surface area contributed by atoms with Crippen LogP contribution < -0.4 is 39.1 Å². The monoisotopic (exact) mass is 1080 g/mol. The van der Waals surface area contributed by atoms with Crippen molar-refractivity contribution >= 4 is 83.1 Å². The van der Waals surface area contributed by atoms with Crippen LogP contribution in [0.2, 0.25) is 0 Å². The minimum absolute atomic E-state index is 0.0812. The number of urea groups is 1. The molecule has 0 aliphatic carbocycles. The van der Waals surface area contributed by atoms with Gasteiger partial charge in [-0.15, -0.1) is 10.2 Å². The minimum atomic E-state index is -4.07. The first-order valence-corrected chi connectivity index (χ1v) is 26.3. The van der Waals surface area contributed by atoms with Gasteiger partial charge in [-0.25, -0.2) is 4.79 Å². The van der Waals surface area contributed by atoms with Crippen molar-refractivity contribution < 1.29 is 59.2 Å². The summed E-state index contributed by atoms with van der Waals surface area (Å²) < 4.78 is 94.9. The van der Waals surface area contributed by atoms with E-state index in [0.29, 0.717) is 102 Å². The Morgan fingerprint density at radius 2 is 0.776 bits per heavy atom. The maximum Gasteiger partial charge on any atom is 0.323 e. The first-order valence-electron chi connectivity index (χ1n) is 23.1. The van der Waals surface area contributed by atoms with E-state index in [4.69, 9.17) is 37.5 Å². The number of anilines is 2. The summed E-state index contributed by atoms with van der Waals surface area (Å²) in [6, 6.07) is 26.6. The van der Waals surface area contributed by atoms with Crippen LogP contribution in [0.3, 0.4) is 0 Å². The average Bonchev–Trinajstić information content (AvgIpc) is 3.37. The lowest BCUT2D eigenvalue weighted by molar-refractivity contribution is 0.262. The molecule has 400 valence electrons. The molecule has 0 heterocycles. The third-order valence-corrected chi connectivity index (χ3v) is 12.5. The van der Waals surface area contributed by atoms with Gasteiger partial charge in [0.2, 0.25) is 0 Å². The summed E-state index contributed by atoms with van der Waals surface area (Å²) in [7, 11) is -2.23. The SMILES string of the molecule is COc1cc(OCCCS(=O)(=O)O)ccc1N=Nc1ccc(N=Nc2cc(OC)c(NC(=O)Nc3cc(C)c(N=Nc4ccc(N=Nc5ccc(OCCCS(=O)(=O)O)cc5OC)c(C)c4)cc3OC)cc2C)cc1C. The van der Waals surface area contributed by atoms with Crippen LogP contribution in [-0.2, 0) is 20.2 Å². The number of amides is 2. The molecule has 6 rings (SSSR count). The van der Waals surface area contributed by atoms with E-state index in [2.05, 4.69) is 51.5 Å². The van der Waals surface area contributed by atoms with E-state index in [1.165, 1.54) is 28.4 Å². The van der Waals surface area contributed by atoms with Gasteiger partial charge in [0.1, 0.15) is 45.9 Å². The van der Waals surface area contributed by atoms with Crippen LogP contribution in [0.1, 0.15) is 35.1 Å². The Hall–Kier alpha value is -8.39. The molecular weight excluding hydrogens is 1020 g/mol. The summed E-state index contributed by atoms with van der Waals surface area (Å²) >= 11 is 0. The Morgan fingerprint density at radius 3 is 1.13 bits per heavy atom. The van der Waals surface area contributed by atoms with E-state index in [9.17, 15) is 21.6 Å². The first kappa shape index (κ1) is 56.9. The molecule has 4 N–H and O–H groups in total. The summed E-state index contributed by atoms with van der Waals surface area (Å²) in [5, 5.41) is 40.9. The van der Waals surface area contributed by atoms with Gasteiger partial charge in [0.25, 0.3) is 20.2 Å². The number of methoxy groups -OCH3 is 4. The van der Waals surface area contributed by atoms with E-state index >= 15 is 0 Å². The molecular formula is C51H56N10O13S2. The van der Waals surface area contributed by atoms with Crippen LogP contribution in [0.15, 0.2) is 138 Å². The van der Waals surface area contributed by atoms with Gasteiger partial charge in [-0.2, -0.15) is 47.5 Å². The molecule has 0 fully saturated rings. The Bertz CT molecular complexity index is 3200. The highest BCUT2D eigenvalue weighted by Crippen LogP contribution is 2.39. The number of hydrogen-bond donors (Lipinski definition) is 4. The molecule has 25 heteroatoms. The van der Waals surface area contributed by atoms with Gasteiger partial charge in [-0.1, -0.05) is 0 Å². The van der Waals surface area contributed by atoms with E-state index < -0.39 is 37.8 Å². The molecule has 76 heavy (non-hydrogen) atoms. The van der Waals surface area contributed by atoms with Crippen LogP contribution in [0.5, 0.6) is 34.5 Å². The highest BCUT2D eigenvalue weighted by Gasteiger charge is 2.16. The second kappa shape index (κ2) is 26.2. The van der Waals surface area contributed by atoms with Crippen LogP contribution in [0.25, 0.3) is 0 Å². The average molecular weight is 1080 g/mol. The normalized spacial score (nSPS) is 11.9. The Balaban J connectivity index is 1.05. The molecule has 6 aromatic carbocycles. The van der Waals surface area contributed by atoms with Gasteiger partial charge < -0.3 is 39.1 Å². The molecule has 0 aliphatic rings. The molecule has 0 radical (unpaired) electrons. The Kier molecular flexibility index (Phi) is 19.6. The van der Waals surface area contributed by atoms with Crippen LogP contribution >= 0.6 is 0 Å². The third kappa shape index (κ3) is 16.8. The zero-order valence-corrected chi connectivity index (χ0v) is 44.4. The van der Waals surface area contributed by atoms with Crippen molar-refractivity contribution in [3.63, 3.8) is 0 Å². The van der Waals surface area contributed by atoms with Gasteiger partial charge in [-0.05, 0) is 136 Å². The van der Waals surface area contributed by atoms with E-state index in [-0.39, 0.29) is 26.1 Å². The highest BCUT2D eigenvalue weighted by molar-refractivity contribution is 7.86. The standard InChI is InChI=1S/C51H56N10O13S2/c1-31-23-35(11-15-39(31)56-58-41-17-13-37(27-47(41)69-5)73-19-9-21-75(63,64)65)54-60-43-29-49(71-7)45(25-33(43)3)52-51(62)53-46-26-34(4)44(30-50(46)72-8)61-55-36-12-16-40(32(2)24-36)57-59-42-18-14-38(28-48(42)70-6)74-20-10-22-76(66,67)68/h11-18,23-30H,9-10,19-22H2,1-8H3,(H2,52,53,62)(H,63,64,65)(H,66,67,68). The lowest BCUT2D eigenvalue weighted by atomic mass is 10.1. The van der Waals surface area contributed by atoms with Gasteiger partial charge in [0, 0.05) is 24.3 Å². The molecule has 0 aliphatic heterocycles. The number of rotatable bonds is 24. The number of hydrogen-bond acceptors (Lipinski definition) is 19. The molecule has 6 aromatic rings. The molecule has 0 spiro atoms. The molecule has 0 unspecified atom stereocenters. The van der Waals surface area contributed by atoms with Crippen LogP contribution in [0.4, 0.5) is 61.7 Å². The first-order chi connectivity index (χ1) is 36.2. The zero-order chi connectivity index (χ0) is 55.0. The summed E-state index contributed by atoms with van der Waals surface area (Å²) in [5.74, 6) is 1.53. The fourth-order valence-corrected chi connectivity index (χ4v) is 7.93. The largest absolute Gasteiger partial charge is 0.494 e. The zero-order valence-electron chi connectivity index (χ0n) is 42.8. The second-order valence-corrected chi connectivity index (χ2v) is 19.8. The maximum atomic E-state index is 13.4. The van der Waals surface area contributed by atoms with Crippen LogP contribution in [-0.4, -0.2) is 85.1 Å². The minimum Gasteiger partial charge on any atom is -0.494 e. The molecule has 0 bridgehead atoms. The number of nitrogens with one attached hydrogen (secondary N) is 2. The second-order valence-electron chi connectivity index (χ2n) is 16.6. The number of aryl methyl sites for hydroxylation is 4. The van der Waals surface area contributed by atoms with Crippen molar-refractivity contribution in [1.29, 1.82) is 0 Å². The Morgan fingerprint density at radius 1 is 0.434 bits per heavy atom. The molecule has 0 aromatic heterocycles. The number of ether oxygens (including phenoxy) is 6. The van der Waals surface area contributed by atoms with E-state index in [1.54, 1.807) is 97.1 Å². The van der Waals surface area contributed by atoms with Gasteiger partial charge in [0.15, 0.2) is 0 Å². The molecule has 2 amide bonds. The summed E-state index contributed by atoms with van der Waals surface area (Å²) in [5.41, 5.74) is 7.88. The number of azo groups is 4. The number of carbonyl (C=O) groups is 1. The van der Waals surface area contributed by atoms with E-state index in [1.807, 2.05) is 27.7 Å². The number of carbonyl (C=O) groups excluding carboxylic acids is 1.